The van der Waals surface area contributed by atoms with E-state index in [9.17, 15) is 15.2 Å². The summed E-state index contributed by atoms with van der Waals surface area (Å²) >= 11 is 5.95. The summed E-state index contributed by atoms with van der Waals surface area (Å²) in [5.74, 6) is 0.000223. The Hall–Kier alpha value is -2.80. The molecule has 2 aromatic carbocycles. The maximum atomic E-state index is 10.7. The predicted molar refractivity (Wildman–Crippen MR) is 80.6 cm³/mol. The first-order chi connectivity index (χ1) is 10.5. The van der Waals surface area contributed by atoms with Crippen LogP contribution in [0.5, 0.6) is 17.2 Å². The van der Waals surface area contributed by atoms with Crippen molar-refractivity contribution in [3.8, 4) is 17.2 Å². The Labute approximate surface area is 129 Å². The lowest BCUT2D eigenvalue weighted by atomic mass is 10.2. The topological polar surface area (TPSA) is 90.4 Å². The molecule has 22 heavy (non-hydrogen) atoms. The molecule has 0 aliphatic heterocycles. The van der Waals surface area contributed by atoms with Crippen molar-refractivity contribution < 1.29 is 14.8 Å². The van der Waals surface area contributed by atoms with Crippen LogP contribution in [0.2, 0.25) is 5.02 Å². The number of aromatic nitrogens is 2. The first kappa shape index (κ1) is 14.2. The normalized spacial score (nSPS) is 10.8. The number of nitrogens with zero attached hydrogens (tertiary/aromatic N) is 3. The van der Waals surface area contributed by atoms with Gasteiger partial charge in [-0.05, 0) is 12.1 Å². The number of nitro groups is 1. The molecule has 0 saturated heterocycles. The number of rotatable bonds is 3. The van der Waals surface area contributed by atoms with Crippen LogP contribution >= 0.6 is 11.6 Å². The quantitative estimate of drug-likeness (QED) is 0.588. The summed E-state index contributed by atoms with van der Waals surface area (Å²) in [5, 5.41) is 20.5. The van der Waals surface area contributed by atoms with Crippen molar-refractivity contribution in [2.45, 2.75) is 0 Å². The molecule has 3 rings (SSSR count). The van der Waals surface area contributed by atoms with E-state index in [1.54, 1.807) is 24.5 Å². The summed E-state index contributed by atoms with van der Waals surface area (Å²) in [6.07, 6.45) is 1.67. The molecule has 1 heterocycles. The maximum Gasteiger partial charge on any atom is 0.274 e. The average Bonchev–Trinajstić information content (AvgIpc) is 2.84. The van der Waals surface area contributed by atoms with E-state index in [1.807, 2.05) is 11.6 Å². The Morgan fingerprint density at radius 3 is 2.82 bits per heavy atom. The number of non-ortho nitro benzene ring substituents is 1. The summed E-state index contributed by atoms with van der Waals surface area (Å²) in [5.41, 5.74) is 1.33. The zero-order valence-electron chi connectivity index (χ0n) is 11.4. The third-order valence-corrected chi connectivity index (χ3v) is 3.42. The molecular formula is C14H10ClN3O4. The fourth-order valence-corrected chi connectivity index (χ4v) is 2.31. The minimum absolute atomic E-state index is 0.0335. The van der Waals surface area contributed by atoms with Crippen LogP contribution in [0.4, 0.5) is 5.69 Å². The molecule has 0 aliphatic rings. The second kappa shape index (κ2) is 5.19. The van der Waals surface area contributed by atoms with Gasteiger partial charge >= 0.3 is 0 Å². The van der Waals surface area contributed by atoms with Crippen LogP contribution in [0.15, 0.2) is 36.7 Å². The smallest absolute Gasteiger partial charge is 0.274 e. The third kappa shape index (κ3) is 2.42. The number of hydrogen-bond donors (Lipinski definition) is 1. The van der Waals surface area contributed by atoms with Crippen molar-refractivity contribution in [2.75, 3.05) is 0 Å². The summed E-state index contributed by atoms with van der Waals surface area (Å²) < 4.78 is 7.38. The van der Waals surface area contributed by atoms with E-state index in [0.29, 0.717) is 5.75 Å². The lowest BCUT2D eigenvalue weighted by Crippen LogP contribution is -1.91. The highest BCUT2D eigenvalue weighted by Gasteiger charge is 2.17. The molecule has 0 saturated carbocycles. The van der Waals surface area contributed by atoms with Crippen molar-refractivity contribution >= 4 is 28.3 Å². The summed E-state index contributed by atoms with van der Waals surface area (Å²) in [6.45, 7) is 0. The van der Waals surface area contributed by atoms with Crippen molar-refractivity contribution in [3.05, 3.63) is 51.8 Å². The van der Waals surface area contributed by atoms with Gasteiger partial charge in [-0.3, -0.25) is 10.1 Å². The lowest BCUT2D eigenvalue weighted by molar-refractivity contribution is -0.384. The lowest BCUT2D eigenvalue weighted by Gasteiger charge is -2.09. The molecule has 7 nitrogen and oxygen atoms in total. The molecule has 0 aliphatic carbocycles. The molecule has 0 amide bonds. The summed E-state index contributed by atoms with van der Waals surface area (Å²) in [4.78, 5) is 14.3. The van der Waals surface area contributed by atoms with Gasteiger partial charge < -0.3 is 14.4 Å². The van der Waals surface area contributed by atoms with Gasteiger partial charge in [-0.2, -0.15) is 0 Å². The molecule has 0 radical (unpaired) electrons. The SMILES string of the molecule is Cn1cnc2ccc(Oc3c(O)cc([N+](=O)[O-])cc3Cl)cc21. The van der Waals surface area contributed by atoms with Crippen LogP contribution in [0.25, 0.3) is 11.0 Å². The van der Waals surface area contributed by atoms with Crippen LogP contribution < -0.4 is 4.74 Å². The maximum absolute atomic E-state index is 10.7. The molecule has 0 spiro atoms. The molecule has 0 unspecified atom stereocenters. The zero-order valence-corrected chi connectivity index (χ0v) is 12.1. The first-order valence-corrected chi connectivity index (χ1v) is 6.59. The fourth-order valence-electron chi connectivity index (χ4n) is 2.06. The minimum atomic E-state index is -0.642. The number of aryl methyl sites for hydroxylation is 1. The van der Waals surface area contributed by atoms with Crippen molar-refractivity contribution in [3.63, 3.8) is 0 Å². The molecule has 1 N–H and O–H groups in total. The van der Waals surface area contributed by atoms with Crippen molar-refractivity contribution in [2.24, 2.45) is 7.05 Å². The second-order valence-electron chi connectivity index (χ2n) is 4.64. The van der Waals surface area contributed by atoms with Crippen LogP contribution in [-0.2, 0) is 7.05 Å². The molecule has 3 aromatic rings. The number of hydrogen-bond acceptors (Lipinski definition) is 5. The molecular weight excluding hydrogens is 310 g/mol. The van der Waals surface area contributed by atoms with Gasteiger partial charge in [-0.25, -0.2) is 4.98 Å². The summed E-state index contributed by atoms with van der Waals surface area (Å²) in [6, 6.07) is 7.29. The van der Waals surface area contributed by atoms with E-state index in [4.69, 9.17) is 16.3 Å². The Balaban J connectivity index is 2.01. The number of halogens is 1. The number of aromatic hydroxyl groups is 1. The number of imidazole rings is 1. The molecule has 0 fully saturated rings. The minimum Gasteiger partial charge on any atom is -0.504 e. The Kier molecular flexibility index (Phi) is 3.34. The highest BCUT2D eigenvalue weighted by atomic mass is 35.5. The standard InChI is InChI=1S/C14H10ClN3O4/c1-17-7-16-11-3-2-9(6-12(11)17)22-14-10(15)4-8(18(20)21)5-13(14)19/h2-7,19H,1H3. The average molecular weight is 320 g/mol. The van der Waals surface area contributed by atoms with Crippen LogP contribution in [0.3, 0.4) is 0 Å². The van der Waals surface area contributed by atoms with E-state index >= 15 is 0 Å². The Morgan fingerprint density at radius 2 is 2.14 bits per heavy atom. The number of ether oxygens (including phenoxy) is 1. The highest BCUT2D eigenvalue weighted by Crippen LogP contribution is 2.41. The largest absolute Gasteiger partial charge is 0.504 e. The van der Waals surface area contributed by atoms with Gasteiger partial charge in [-0.1, -0.05) is 11.6 Å². The summed E-state index contributed by atoms with van der Waals surface area (Å²) in [7, 11) is 1.84. The highest BCUT2D eigenvalue weighted by molar-refractivity contribution is 6.32. The number of phenolic OH excluding ortho intramolecular Hbond substituents is 1. The zero-order chi connectivity index (χ0) is 15.9. The first-order valence-electron chi connectivity index (χ1n) is 6.21. The van der Waals surface area contributed by atoms with Crippen LogP contribution in [-0.4, -0.2) is 19.6 Å². The molecule has 1 aromatic heterocycles. The van der Waals surface area contributed by atoms with Crippen LogP contribution in [0, 0.1) is 10.1 Å². The van der Waals surface area contributed by atoms with Gasteiger partial charge in [0.1, 0.15) is 5.75 Å². The molecule has 112 valence electrons. The van der Waals surface area contributed by atoms with Gasteiger partial charge in [0.2, 0.25) is 0 Å². The van der Waals surface area contributed by atoms with Crippen molar-refractivity contribution in [1.82, 2.24) is 9.55 Å². The molecule has 0 atom stereocenters. The number of nitro benzene ring substituents is 1. The van der Waals surface area contributed by atoms with E-state index in [2.05, 4.69) is 4.98 Å². The van der Waals surface area contributed by atoms with E-state index in [-0.39, 0.29) is 16.5 Å². The van der Waals surface area contributed by atoms with Gasteiger partial charge in [0.15, 0.2) is 11.5 Å². The Morgan fingerprint density at radius 1 is 1.36 bits per heavy atom. The van der Waals surface area contributed by atoms with E-state index < -0.39 is 10.7 Å². The number of fused-ring (bicyclic) bond motifs is 1. The molecule has 8 heteroatoms. The van der Waals surface area contributed by atoms with Crippen LogP contribution in [0.1, 0.15) is 0 Å². The molecule has 0 bridgehead atoms. The second-order valence-corrected chi connectivity index (χ2v) is 5.05. The van der Waals surface area contributed by atoms with E-state index in [1.165, 1.54) is 0 Å². The fraction of sp³-hybridized carbons (Fsp3) is 0.0714. The van der Waals surface area contributed by atoms with Gasteiger partial charge in [0.25, 0.3) is 5.69 Å². The Bertz CT molecular complexity index is 868. The monoisotopic (exact) mass is 319 g/mol. The number of phenols is 1. The van der Waals surface area contributed by atoms with Gasteiger partial charge in [0.05, 0.1) is 33.4 Å². The van der Waals surface area contributed by atoms with Crippen molar-refractivity contribution in [1.29, 1.82) is 0 Å². The van der Waals surface area contributed by atoms with E-state index in [0.717, 1.165) is 23.2 Å². The predicted octanol–water partition coefficient (Wildman–Crippen LogP) is 3.63. The van der Waals surface area contributed by atoms with Gasteiger partial charge in [-0.15, -0.1) is 0 Å². The third-order valence-electron chi connectivity index (χ3n) is 3.14. The number of benzene rings is 2. The van der Waals surface area contributed by atoms with Gasteiger partial charge in [0, 0.05) is 19.2 Å².